The van der Waals surface area contributed by atoms with E-state index >= 15 is 0 Å². The average Bonchev–Trinajstić information content (AvgIpc) is 2.22. The van der Waals surface area contributed by atoms with Crippen LogP contribution < -0.4 is 0 Å². The van der Waals surface area contributed by atoms with Crippen molar-refractivity contribution in [3.05, 3.63) is 0 Å². The van der Waals surface area contributed by atoms with Crippen LogP contribution in [0.5, 0.6) is 0 Å². The Bertz CT molecular complexity index is 269. The van der Waals surface area contributed by atoms with Gasteiger partial charge in [-0.05, 0) is 39.0 Å². The van der Waals surface area contributed by atoms with Crippen LogP contribution in [0.2, 0.25) is 0 Å². The van der Waals surface area contributed by atoms with Gasteiger partial charge in [-0.15, -0.1) is 0 Å². The zero-order valence-corrected chi connectivity index (χ0v) is 12.9. The van der Waals surface area contributed by atoms with E-state index in [1.165, 1.54) is 0 Å². The highest BCUT2D eigenvalue weighted by molar-refractivity contribution is 5.68. The van der Waals surface area contributed by atoms with Crippen LogP contribution in [0, 0.1) is 5.41 Å². The van der Waals surface area contributed by atoms with Crippen LogP contribution in [0.1, 0.15) is 54.4 Å². The molecule has 0 saturated heterocycles. The van der Waals surface area contributed by atoms with Gasteiger partial charge in [0.05, 0.1) is 0 Å². The van der Waals surface area contributed by atoms with Gasteiger partial charge < -0.3 is 14.7 Å². The zero-order valence-electron chi connectivity index (χ0n) is 12.9. The Morgan fingerprint density at radius 1 is 1.28 bits per heavy atom. The molecule has 0 bridgehead atoms. The summed E-state index contributed by atoms with van der Waals surface area (Å²) in [5.41, 5.74) is -0.660. The number of nitrogens with zero attached hydrogens (tertiary/aromatic N) is 1. The van der Waals surface area contributed by atoms with Crippen molar-refractivity contribution in [3.63, 3.8) is 0 Å². The second-order valence-corrected chi connectivity index (χ2v) is 6.68. The third-order valence-electron chi connectivity index (χ3n) is 2.92. The van der Waals surface area contributed by atoms with E-state index in [4.69, 9.17) is 4.74 Å². The topological polar surface area (TPSA) is 49.8 Å². The maximum Gasteiger partial charge on any atom is 0.410 e. The Morgan fingerprint density at radius 2 is 1.78 bits per heavy atom. The van der Waals surface area contributed by atoms with Gasteiger partial charge in [0.25, 0.3) is 0 Å². The fourth-order valence-electron chi connectivity index (χ4n) is 1.74. The summed E-state index contributed by atoms with van der Waals surface area (Å²) in [7, 11) is 1.76. The lowest BCUT2D eigenvalue weighted by Gasteiger charge is -2.34. The lowest BCUT2D eigenvalue weighted by Crippen LogP contribution is -2.42. The van der Waals surface area contributed by atoms with Crippen molar-refractivity contribution in [2.24, 2.45) is 5.41 Å². The zero-order chi connectivity index (χ0) is 14.6. The van der Waals surface area contributed by atoms with Crippen LogP contribution in [-0.4, -0.2) is 41.4 Å². The molecule has 0 spiro atoms. The first-order chi connectivity index (χ1) is 8.02. The molecule has 0 aromatic heterocycles. The van der Waals surface area contributed by atoms with Crippen LogP contribution in [0.4, 0.5) is 4.79 Å². The summed E-state index contributed by atoms with van der Waals surface area (Å²) < 4.78 is 5.35. The Labute approximate surface area is 111 Å². The SMILES string of the molecule is CC[C@H](CC(C)(C)CO)N(C)C(=O)OC(C)(C)C. The highest BCUT2D eigenvalue weighted by Crippen LogP contribution is 2.25. The molecule has 0 fully saturated rings. The van der Waals surface area contributed by atoms with Gasteiger partial charge in [-0.3, -0.25) is 0 Å². The number of carbonyl (C=O) groups is 1. The maximum absolute atomic E-state index is 12.0. The molecule has 0 unspecified atom stereocenters. The van der Waals surface area contributed by atoms with Gasteiger partial charge in [-0.2, -0.15) is 0 Å². The third-order valence-corrected chi connectivity index (χ3v) is 2.92. The summed E-state index contributed by atoms with van der Waals surface area (Å²) >= 11 is 0. The molecule has 0 aliphatic carbocycles. The van der Waals surface area contributed by atoms with E-state index in [1.807, 2.05) is 41.5 Å². The van der Waals surface area contributed by atoms with Gasteiger partial charge in [0, 0.05) is 19.7 Å². The Hall–Kier alpha value is -0.770. The number of amides is 1. The predicted octanol–water partition coefficient (Wildman–Crippen LogP) is 3.04. The number of hydrogen-bond acceptors (Lipinski definition) is 3. The minimum absolute atomic E-state index is 0.0852. The molecule has 4 heteroatoms. The van der Waals surface area contributed by atoms with E-state index in [9.17, 15) is 9.90 Å². The van der Waals surface area contributed by atoms with E-state index in [-0.39, 0.29) is 24.2 Å². The highest BCUT2D eigenvalue weighted by atomic mass is 16.6. The summed E-state index contributed by atoms with van der Waals surface area (Å²) in [4.78, 5) is 13.6. The summed E-state index contributed by atoms with van der Waals surface area (Å²) in [6.45, 7) is 11.7. The lowest BCUT2D eigenvalue weighted by atomic mass is 9.85. The van der Waals surface area contributed by atoms with E-state index in [2.05, 4.69) is 0 Å². The Morgan fingerprint density at radius 3 is 2.11 bits per heavy atom. The monoisotopic (exact) mass is 259 g/mol. The molecule has 1 N–H and O–H groups in total. The maximum atomic E-state index is 12.0. The van der Waals surface area contributed by atoms with Crippen molar-refractivity contribution in [1.29, 1.82) is 0 Å². The molecule has 1 atom stereocenters. The van der Waals surface area contributed by atoms with Gasteiger partial charge in [0.2, 0.25) is 0 Å². The largest absolute Gasteiger partial charge is 0.444 e. The smallest absolute Gasteiger partial charge is 0.410 e. The second kappa shape index (κ2) is 6.41. The molecular formula is C14H29NO3. The quantitative estimate of drug-likeness (QED) is 0.825. The number of hydrogen-bond donors (Lipinski definition) is 1. The van der Waals surface area contributed by atoms with E-state index in [1.54, 1.807) is 11.9 Å². The number of carbonyl (C=O) groups excluding carboxylic acids is 1. The van der Waals surface area contributed by atoms with Crippen molar-refractivity contribution >= 4 is 6.09 Å². The lowest BCUT2D eigenvalue weighted by molar-refractivity contribution is 0.0149. The molecule has 0 heterocycles. The molecular weight excluding hydrogens is 230 g/mol. The van der Waals surface area contributed by atoms with Crippen LogP contribution in [-0.2, 0) is 4.74 Å². The number of ether oxygens (including phenoxy) is 1. The van der Waals surface area contributed by atoms with Crippen LogP contribution in [0.15, 0.2) is 0 Å². The van der Waals surface area contributed by atoms with Crippen LogP contribution in [0.3, 0.4) is 0 Å². The van der Waals surface area contributed by atoms with Crippen molar-refractivity contribution in [2.45, 2.75) is 66.0 Å². The van der Waals surface area contributed by atoms with Gasteiger partial charge >= 0.3 is 6.09 Å². The first-order valence-electron chi connectivity index (χ1n) is 6.59. The molecule has 0 aliphatic heterocycles. The van der Waals surface area contributed by atoms with Gasteiger partial charge in [0.15, 0.2) is 0 Å². The van der Waals surface area contributed by atoms with Crippen LogP contribution >= 0.6 is 0 Å². The molecule has 0 aromatic carbocycles. The predicted molar refractivity (Wildman–Crippen MR) is 73.6 cm³/mol. The number of aliphatic hydroxyl groups excluding tert-OH is 1. The van der Waals surface area contributed by atoms with Crippen molar-refractivity contribution in [3.8, 4) is 0 Å². The normalized spacial score (nSPS) is 14.2. The molecule has 0 radical (unpaired) electrons. The fraction of sp³-hybridized carbons (Fsp3) is 0.929. The van der Waals surface area contributed by atoms with Crippen molar-refractivity contribution in [1.82, 2.24) is 4.90 Å². The number of aliphatic hydroxyl groups is 1. The first-order valence-corrected chi connectivity index (χ1v) is 6.59. The minimum Gasteiger partial charge on any atom is -0.444 e. The molecule has 0 aromatic rings. The summed E-state index contributed by atoms with van der Waals surface area (Å²) in [5, 5.41) is 9.31. The first kappa shape index (κ1) is 17.2. The van der Waals surface area contributed by atoms with Crippen LogP contribution in [0.25, 0.3) is 0 Å². The van der Waals surface area contributed by atoms with Crippen molar-refractivity contribution in [2.75, 3.05) is 13.7 Å². The molecule has 4 nitrogen and oxygen atoms in total. The Kier molecular flexibility index (Phi) is 6.14. The van der Waals surface area contributed by atoms with Gasteiger partial charge in [-0.1, -0.05) is 20.8 Å². The third kappa shape index (κ3) is 6.24. The number of rotatable bonds is 5. The summed E-state index contributed by atoms with van der Waals surface area (Å²) in [6, 6.07) is 0.0852. The molecule has 108 valence electrons. The second-order valence-electron chi connectivity index (χ2n) is 6.68. The highest BCUT2D eigenvalue weighted by Gasteiger charge is 2.29. The van der Waals surface area contributed by atoms with E-state index in [0.29, 0.717) is 0 Å². The summed E-state index contributed by atoms with van der Waals surface area (Å²) in [5.74, 6) is 0. The van der Waals surface area contributed by atoms with E-state index in [0.717, 1.165) is 12.8 Å². The van der Waals surface area contributed by atoms with Crippen molar-refractivity contribution < 1.29 is 14.6 Å². The minimum atomic E-state index is -0.476. The standard InChI is InChI=1S/C14H29NO3/c1-8-11(9-14(5,6)10-16)15(7)12(17)18-13(2,3)4/h11,16H,8-10H2,1-7H3/t11-/m1/s1. The molecule has 18 heavy (non-hydrogen) atoms. The van der Waals surface area contributed by atoms with Gasteiger partial charge in [-0.25, -0.2) is 4.79 Å². The summed E-state index contributed by atoms with van der Waals surface area (Å²) in [6.07, 6.45) is 1.30. The Balaban J connectivity index is 4.61. The average molecular weight is 259 g/mol. The fourth-order valence-corrected chi connectivity index (χ4v) is 1.74. The van der Waals surface area contributed by atoms with E-state index < -0.39 is 5.60 Å². The molecule has 0 aliphatic rings. The molecule has 1 amide bonds. The molecule has 0 saturated carbocycles. The van der Waals surface area contributed by atoms with Gasteiger partial charge in [0.1, 0.15) is 5.60 Å². The molecule has 0 rings (SSSR count).